The fourth-order valence-electron chi connectivity index (χ4n) is 3.45. The van der Waals surface area contributed by atoms with Crippen molar-refractivity contribution in [1.82, 2.24) is 4.31 Å². The summed E-state index contributed by atoms with van der Waals surface area (Å²) < 4.78 is 40.3. The number of halogens is 1. The normalized spacial score (nSPS) is 26.9. The van der Waals surface area contributed by atoms with E-state index in [1.54, 1.807) is 0 Å². The molecule has 6 heteroatoms. The van der Waals surface area contributed by atoms with E-state index in [1.807, 2.05) is 0 Å². The summed E-state index contributed by atoms with van der Waals surface area (Å²) in [5, 5.41) is 0. The highest BCUT2D eigenvalue weighted by Crippen LogP contribution is 2.40. The van der Waals surface area contributed by atoms with Crippen molar-refractivity contribution in [3.63, 3.8) is 0 Å². The van der Waals surface area contributed by atoms with Gasteiger partial charge in [-0.05, 0) is 49.3 Å². The molecule has 2 atom stereocenters. The van der Waals surface area contributed by atoms with Gasteiger partial charge in [0.15, 0.2) is 0 Å². The molecule has 0 amide bonds. The quantitative estimate of drug-likeness (QED) is 0.851. The van der Waals surface area contributed by atoms with Gasteiger partial charge in [-0.2, -0.15) is 4.31 Å². The highest BCUT2D eigenvalue weighted by molar-refractivity contribution is 7.89. The first kappa shape index (κ1) is 13.8. The molecule has 20 heavy (non-hydrogen) atoms. The first-order chi connectivity index (χ1) is 9.39. The number of rotatable bonds is 2. The van der Waals surface area contributed by atoms with Gasteiger partial charge in [-0.15, -0.1) is 0 Å². The maximum Gasteiger partial charge on any atom is 0.243 e. The number of fused-ring (bicyclic) bond motifs is 1. The number of hydrogen-bond donors (Lipinski definition) is 1. The van der Waals surface area contributed by atoms with E-state index in [2.05, 4.69) is 0 Å². The van der Waals surface area contributed by atoms with Crippen LogP contribution in [0.2, 0.25) is 0 Å². The zero-order chi connectivity index (χ0) is 14.5. The molecule has 2 aliphatic rings. The average Bonchev–Trinajstić information content (AvgIpc) is 2.95. The van der Waals surface area contributed by atoms with Crippen LogP contribution in [0.4, 0.5) is 10.1 Å². The monoisotopic (exact) mass is 298 g/mol. The molecule has 0 radical (unpaired) electrons. The van der Waals surface area contributed by atoms with E-state index in [4.69, 9.17) is 5.73 Å². The van der Waals surface area contributed by atoms with Crippen molar-refractivity contribution in [2.75, 3.05) is 18.8 Å². The lowest BCUT2D eigenvalue weighted by Gasteiger charge is -2.18. The predicted molar refractivity (Wildman–Crippen MR) is 75.1 cm³/mol. The van der Waals surface area contributed by atoms with Crippen molar-refractivity contribution in [2.45, 2.75) is 31.1 Å². The molecule has 2 unspecified atom stereocenters. The summed E-state index contributed by atoms with van der Waals surface area (Å²) in [6, 6.07) is 2.60. The molecule has 3 rings (SSSR count). The zero-order valence-electron chi connectivity index (χ0n) is 11.5. The number of benzene rings is 1. The summed E-state index contributed by atoms with van der Waals surface area (Å²) in [5.74, 6) is 0.439. The molecule has 0 bridgehead atoms. The van der Waals surface area contributed by atoms with Gasteiger partial charge in [0.25, 0.3) is 0 Å². The number of hydrogen-bond acceptors (Lipinski definition) is 3. The fraction of sp³-hybridized carbons (Fsp3) is 0.571. The Balaban J connectivity index is 1.93. The molecule has 4 nitrogen and oxygen atoms in total. The van der Waals surface area contributed by atoms with Gasteiger partial charge < -0.3 is 5.73 Å². The Morgan fingerprint density at radius 1 is 1.25 bits per heavy atom. The molecule has 1 heterocycles. The lowest BCUT2D eigenvalue weighted by molar-refractivity contribution is 0.445. The second-order valence-electron chi connectivity index (χ2n) is 5.92. The van der Waals surface area contributed by atoms with Crippen LogP contribution in [0.1, 0.15) is 24.8 Å². The average molecular weight is 298 g/mol. The number of anilines is 1. The summed E-state index contributed by atoms with van der Waals surface area (Å²) >= 11 is 0. The zero-order valence-corrected chi connectivity index (χ0v) is 12.3. The van der Waals surface area contributed by atoms with Crippen molar-refractivity contribution >= 4 is 15.7 Å². The first-order valence-electron chi connectivity index (χ1n) is 6.95. The van der Waals surface area contributed by atoms with E-state index in [1.165, 1.54) is 29.8 Å². The van der Waals surface area contributed by atoms with Gasteiger partial charge in [-0.25, -0.2) is 12.8 Å². The Kier molecular flexibility index (Phi) is 3.25. The molecule has 1 saturated carbocycles. The Bertz CT molecular complexity index is 610. The second-order valence-corrected chi connectivity index (χ2v) is 7.85. The van der Waals surface area contributed by atoms with Gasteiger partial charge >= 0.3 is 0 Å². The molecule has 1 aromatic carbocycles. The predicted octanol–water partition coefficient (Wildman–Crippen LogP) is 2.14. The maximum atomic E-state index is 13.5. The SMILES string of the molecule is Cc1cc(S(=O)(=O)N2CC3CCCC3C2)cc(N)c1F. The standard InChI is InChI=1S/C14H19FN2O2S/c1-9-5-12(6-13(16)14(9)15)20(18,19)17-7-10-3-2-4-11(10)8-17/h5-6,10-11H,2-4,7-8,16H2,1H3. The van der Waals surface area contributed by atoms with Crippen molar-refractivity contribution in [3.8, 4) is 0 Å². The van der Waals surface area contributed by atoms with Gasteiger partial charge in [0.1, 0.15) is 5.82 Å². The number of nitrogens with zero attached hydrogens (tertiary/aromatic N) is 1. The Morgan fingerprint density at radius 2 is 1.85 bits per heavy atom. The van der Waals surface area contributed by atoms with Crippen LogP contribution >= 0.6 is 0 Å². The molecule has 1 aliphatic carbocycles. The van der Waals surface area contributed by atoms with Crippen LogP contribution < -0.4 is 5.73 Å². The summed E-state index contributed by atoms with van der Waals surface area (Å²) in [6.07, 6.45) is 3.42. The highest BCUT2D eigenvalue weighted by atomic mass is 32.2. The summed E-state index contributed by atoms with van der Waals surface area (Å²) in [4.78, 5) is 0.105. The van der Waals surface area contributed by atoms with Crippen molar-refractivity contribution < 1.29 is 12.8 Å². The van der Waals surface area contributed by atoms with Gasteiger partial charge in [-0.1, -0.05) is 6.42 Å². The summed E-state index contributed by atoms with van der Waals surface area (Å²) in [7, 11) is -3.56. The smallest absolute Gasteiger partial charge is 0.243 e. The molecule has 1 saturated heterocycles. The van der Waals surface area contributed by atoms with Crippen LogP contribution in [0.15, 0.2) is 17.0 Å². The molecule has 2 fully saturated rings. The fourth-order valence-corrected chi connectivity index (χ4v) is 5.12. The number of aryl methyl sites for hydroxylation is 1. The topological polar surface area (TPSA) is 63.4 Å². The Morgan fingerprint density at radius 3 is 2.40 bits per heavy atom. The van der Waals surface area contributed by atoms with E-state index >= 15 is 0 Å². The molecule has 1 aromatic rings. The maximum absolute atomic E-state index is 13.5. The minimum atomic E-state index is -3.56. The Labute approximate surface area is 118 Å². The molecule has 0 aromatic heterocycles. The van der Waals surface area contributed by atoms with E-state index in [0.29, 0.717) is 24.9 Å². The van der Waals surface area contributed by atoms with Crippen molar-refractivity contribution in [3.05, 3.63) is 23.5 Å². The van der Waals surface area contributed by atoms with Gasteiger partial charge in [0.2, 0.25) is 10.0 Å². The summed E-state index contributed by atoms with van der Waals surface area (Å²) in [6.45, 7) is 2.70. The van der Waals surface area contributed by atoms with Gasteiger partial charge in [-0.3, -0.25) is 0 Å². The van der Waals surface area contributed by atoms with Gasteiger partial charge in [0, 0.05) is 13.1 Å². The largest absolute Gasteiger partial charge is 0.396 e. The van der Waals surface area contributed by atoms with E-state index in [-0.39, 0.29) is 16.1 Å². The van der Waals surface area contributed by atoms with Crippen LogP contribution in [-0.4, -0.2) is 25.8 Å². The minimum Gasteiger partial charge on any atom is -0.396 e. The highest BCUT2D eigenvalue weighted by Gasteiger charge is 2.41. The molecule has 2 N–H and O–H groups in total. The number of nitrogen functional groups attached to an aromatic ring is 1. The van der Waals surface area contributed by atoms with Crippen LogP contribution in [0, 0.1) is 24.6 Å². The molecule has 0 spiro atoms. The third-order valence-corrected chi connectivity index (χ3v) is 6.40. The van der Waals surface area contributed by atoms with Crippen LogP contribution in [0.5, 0.6) is 0 Å². The van der Waals surface area contributed by atoms with E-state index in [9.17, 15) is 12.8 Å². The second kappa shape index (κ2) is 4.70. The first-order valence-corrected chi connectivity index (χ1v) is 8.39. The molecular formula is C14H19FN2O2S. The van der Waals surface area contributed by atoms with Crippen molar-refractivity contribution in [1.29, 1.82) is 0 Å². The molecule has 110 valence electrons. The Hall–Kier alpha value is -1.14. The van der Waals surface area contributed by atoms with Crippen molar-refractivity contribution in [2.24, 2.45) is 11.8 Å². The van der Waals surface area contributed by atoms with E-state index in [0.717, 1.165) is 12.8 Å². The van der Waals surface area contributed by atoms with Crippen LogP contribution in [-0.2, 0) is 10.0 Å². The molecular weight excluding hydrogens is 279 g/mol. The van der Waals surface area contributed by atoms with Crippen LogP contribution in [0.3, 0.4) is 0 Å². The number of nitrogens with two attached hydrogens (primary N) is 1. The molecule has 1 aliphatic heterocycles. The van der Waals surface area contributed by atoms with Crippen LogP contribution in [0.25, 0.3) is 0 Å². The number of sulfonamides is 1. The lowest BCUT2D eigenvalue weighted by Crippen LogP contribution is -2.29. The lowest BCUT2D eigenvalue weighted by atomic mass is 10.0. The minimum absolute atomic E-state index is 0.105. The van der Waals surface area contributed by atoms with Gasteiger partial charge in [0.05, 0.1) is 10.6 Å². The third-order valence-electron chi connectivity index (χ3n) is 4.59. The third kappa shape index (κ3) is 2.11. The summed E-state index contributed by atoms with van der Waals surface area (Å²) in [5.41, 5.74) is 5.71. The van der Waals surface area contributed by atoms with E-state index < -0.39 is 15.8 Å².